The second kappa shape index (κ2) is 6.01. The fourth-order valence-electron chi connectivity index (χ4n) is 1.81. The molecule has 2 radical (unpaired) electrons. The van der Waals surface area contributed by atoms with Crippen LogP contribution in [-0.4, -0.2) is 56.6 Å². The summed E-state index contributed by atoms with van der Waals surface area (Å²) in [5, 5.41) is 9.95. The summed E-state index contributed by atoms with van der Waals surface area (Å²) < 4.78 is 16.3. The van der Waals surface area contributed by atoms with Crippen molar-refractivity contribution in [2.24, 2.45) is 0 Å². The van der Waals surface area contributed by atoms with Gasteiger partial charge in [-0.1, -0.05) is 6.92 Å². The topological polar surface area (TPSA) is 47.9 Å². The van der Waals surface area contributed by atoms with E-state index in [1.54, 1.807) is 7.11 Å². The Morgan fingerprint density at radius 3 is 2.44 bits per heavy atom. The minimum Gasteiger partial charge on any atom is -0.388 e. The maximum absolute atomic E-state index is 9.95. The number of aliphatic hydroxyl groups is 1. The van der Waals surface area contributed by atoms with Crippen molar-refractivity contribution in [2.75, 3.05) is 7.11 Å². The van der Waals surface area contributed by atoms with Crippen LogP contribution in [-0.2, 0) is 14.2 Å². The Hall–Kier alpha value is -0.0951. The molecule has 1 heterocycles. The van der Waals surface area contributed by atoms with Crippen LogP contribution < -0.4 is 0 Å². The molecule has 0 aromatic rings. The number of rotatable bonds is 5. The highest BCUT2D eigenvalue weighted by molar-refractivity contribution is 6.11. The van der Waals surface area contributed by atoms with Crippen LogP contribution in [0.25, 0.3) is 0 Å². The average Bonchev–Trinajstić information content (AvgIpc) is 2.55. The third-order valence-corrected chi connectivity index (χ3v) is 3.18. The zero-order chi connectivity index (χ0) is 12.3. The van der Waals surface area contributed by atoms with Crippen molar-refractivity contribution in [3.05, 3.63) is 0 Å². The molecule has 4 nitrogen and oxygen atoms in total. The quantitative estimate of drug-likeness (QED) is 0.694. The molecular weight excluding hydrogens is 207 g/mol. The second-order valence-corrected chi connectivity index (χ2v) is 4.28. The Balaban J connectivity index is 2.53. The van der Waals surface area contributed by atoms with E-state index in [-0.39, 0.29) is 18.3 Å². The van der Waals surface area contributed by atoms with Crippen molar-refractivity contribution in [1.29, 1.82) is 0 Å². The summed E-state index contributed by atoms with van der Waals surface area (Å²) in [7, 11) is 7.40. The Morgan fingerprint density at radius 2 is 2.00 bits per heavy atom. The van der Waals surface area contributed by atoms with Gasteiger partial charge in [-0.25, -0.2) is 0 Å². The Kier molecular flexibility index (Phi) is 5.24. The zero-order valence-electron chi connectivity index (χ0n) is 10.4. The number of hydrogen-bond donors (Lipinski definition) is 1. The maximum Gasteiger partial charge on any atom is 0.112 e. The van der Waals surface area contributed by atoms with Crippen molar-refractivity contribution in [3.8, 4) is 0 Å². The summed E-state index contributed by atoms with van der Waals surface area (Å²) in [6, 6.07) is -0.563. The molecule has 6 atom stereocenters. The lowest BCUT2D eigenvalue weighted by molar-refractivity contribution is -0.104. The molecule has 1 aliphatic heterocycles. The highest BCUT2D eigenvalue weighted by atomic mass is 16.6. The molecule has 0 spiro atoms. The van der Waals surface area contributed by atoms with Gasteiger partial charge in [0.15, 0.2) is 0 Å². The van der Waals surface area contributed by atoms with Crippen LogP contribution in [0.2, 0.25) is 0 Å². The van der Waals surface area contributed by atoms with Crippen LogP contribution in [0.1, 0.15) is 27.2 Å². The molecule has 0 aliphatic carbocycles. The first-order valence-corrected chi connectivity index (χ1v) is 5.78. The number of ether oxygens (including phenoxy) is 3. The molecule has 0 aromatic heterocycles. The predicted octanol–water partition coefficient (Wildman–Crippen LogP) is 0.459. The number of aliphatic hydroxyl groups excluding tert-OH is 1. The van der Waals surface area contributed by atoms with Crippen LogP contribution in [0.3, 0.4) is 0 Å². The lowest BCUT2D eigenvalue weighted by atomic mass is 9.92. The minimum atomic E-state index is -0.661. The molecule has 0 bridgehead atoms. The molecule has 1 unspecified atom stereocenters. The lowest BCUT2D eigenvalue weighted by Gasteiger charge is -2.26. The fourth-order valence-corrected chi connectivity index (χ4v) is 1.81. The molecule has 1 saturated heterocycles. The van der Waals surface area contributed by atoms with E-state index < -0.39 is 18.2 Å². The SMILES string of the molecule is [B][C@@H]1O[C@H](CC)C(O)[C@@H]1O[C@H](C)[C@H](C)OC. The third-order valence-electron chi connectivity index (χ3n) is 3.18. The van der Waals surface area contributed by atoms with Gasteiger partial charge in [0.25, 0.3) is 0 Å². The van der Waals surface area contributed by atoms with Gasteiger partial charge in [0, 0.05) is 13.1 Å². The van der Waals surface area contributed by atoms with Gasteiger partial charge in [0.1, 0.15) is 20.1 Å². The van der Waals surface area contributed by atoms with Gasteiger partial charge in [0.05, 0.1) is 18.3 Å². The highest BCUT2D eigenvalue weighted by Gasteiger charge is 2.41. The summed E-state index contributed by atoms with van der Waals surface area (Å²) in [6.07, 6.45) is -0.813. The van der Waals surface area contributed by atoms with Crippen LogP contribution in [0.5, 0.6) is 0 Å². The molecule has 0 saturated carbocycles. The molecule has 1 rings (SSSR count). The van der Waals surface area contributed by atoms with Crippen molar-refractivity contribution in [2.45, 2.75) is 63.7 Å². The summed E-state index contributed by atoms with van der Waals surface area (Å²) >= 11 is 0. The average molecular weight is 228 g/mol. The number of hydrogen-bond acceptors (Lipinski definition) is 4. The minimum absolute atomic E-state index is 0.0416. The van der Waals surface area contributed by atoms with Crippen LogP contribution in [0.15, 0.2) is 0 Å². The smallest absolute Gasteiger partial charge is 0.112 e. The standard InChI is InChI=1S/C11H21BO4/c1-5-8-9(13)10(11(12)16-8)15-7(3)6(2)14-4/h6-11,13H,5H2,1-4H3/t6-,7+,8+,9?,10-,11+/m0/s1. The fraction of sp³-hybridized carbons (Fsp3) is 1.00. The summed E-state index contributed by atoms with van der Waals surface area (Å²) in [5.41, 5.74) is 0. The molecule has 0 aromatic carbocycles. The number of methoxy groups -OCH3 is 1. The molecule has 92 valence electrons. The Bertz CT molecular complexity index is 214. The first-order chi connectivity index (χ1) is 7.51. The van der Waals surface area contributed by atoms with Gasteiger partial charge in [-0.3, -0.25) is 0 Å². The lowest BCUT2D eigenvalue weighted by Crippen LogP contribution is -2.40. The van der Waals surface area contributed by atoms with Gasteiger partial charge in [-0.05, 0) is 20.3 Å². The first kappa shape index (κ1) is 14.0. The monoisotopic (exact) mass is 228 g/mol. The van der Waals surface area contributed by atoms with E-state index in [4.69, 9.17) is 22.1 Å². The van der Waals surface area contributed by atoms with E-state index in [0.717, 1.165) is 6.42 Å². The van der Waals surface area contributed by atoms with Crippen molar-refractivity contribution >= 4 is 7.85 Å². The molecular formula is C11H21BO4. The molecule has 1 aliphatic rings. The van der Waals surface area contributed by atoms with Crippen LogP contribution in [0.4, 0.5) is 0 Å². The highest BCUT2D eigenvalue weighted by Crippen LogP contribution is 2.25. The van der Waals surface area contributed by atoms with E-state index in [9.17, 15) is 5.11 Å². The molecule has 1 fully saturated rings. The summed E-state index contributed by atoms with van der Waals surface area (Å²) in [5.74, 6) is 0. The zero-order valence-corrected chi connectivity index (χ0v) is 10.4. The van der Waals surface area contributed by atoms with E-state index in [2.05, 4.69) is 0 Å². The van der Waals surface area contributed by atoms with Gasteiger partial charge in [0.2, 0.25) is 0 Å². The molecule has 1 N–H and O–H groups in total. The predicted molar refractivity (Wildman–Crippen MR) is 61.5 cm³/mol. The maximum atomic E-state index is 9.95. The van der Waals surface area contributed by atoms with Crippen molar-refractivity contribution in [1.82, 2.24) is 0 Å². The van der Waals surface area contributed by atoms with E-state index in [1.807, 2.05) is 20.8 Å². The van der Waals surface area contributed by atoms with Crippen molar-refractivity contribution in [3.63, 3.8) is 0 Å². The molecule has 5 heteroatoms. The first-order valence-electron chi connectivity index (χ1n) is 5.78. The third kappa shape index (κ3) is 2.97. The summed E-state index contributed by atoms with van der Waals surface area (Å²) in [4.78, 5) is 0. The van der Waals surface area contributed by atoms with E-state index >= 15 is 0 Å². The van der Waals surface area contributed by atoms with Crippen molar-refractivity contribution < 1.29 is 19.3 Å². The van der Waals surface area contributed by atoms with Gasteiger partial charge in [-0.2, -0.15) is 0 Å². The van der Waals surface area contributed by atoms with Gasteiger partial charge >= 0.3 is 0 Å². The van der Waals surface area contributed by atoms with Crippen LogP contribution in [0, 0.1) is 0 Å². The molecule has 16 heavy (non-hydrogen) atoms. The second-order valence-electron chi connectivity index (χ2n) is 4.28. The van der Waals surface area contributed by atoms with Crippen LogP contribution >= 0.6 is 0 Å². The van der Waals surface area contributed by atoms with E-state index in [0.29, 0.717) is 0 Å². The largest absolute Gasteiger partial charge is 0.388 e. The summed E-state index contributed by atoms with van der Waals surface area (Å²) in [6.45, 7) is 5.76. The Labute approximate surface area is 98.7 Å². The molecule has 0 amide bonds. The van der Waals surface area contributed by atoms with Gasteiger partial charge < -0.3 is 19.3 Å². The Morgan fingerprint density at radius 1 is 1.38 bits per heavy atom. The van der Waals surface area contributed by atoms with E-state index in [1.165, 1.54) is 0 Å². The van der Waals surface area contributed by atoms with Gasteiger partial charge in [-0.15, -0.1) is 0 Å². The normalized spacial score (nSPS) is 38.6.